The summed E-state index contributed by atoms with van der Waals surface area (Å²) in [6, 6.07) is 4.20. The first-order chi connectivity index (χ1) is 14.9. The van der Waals surface area contributed by atoms with Crippen LogP contribution >= 0.6 is 0 Å². The molecule has 0 fully saturated rings. The number of benzene rings is 2. The normalized spacial score (nSPS) is 10.0. The van der Waals surface area contributed by atoms with Crippen molar-refractivity contribution in [2.75, 3.05) is 49.8 Å². The zero-order chi connectivity index (χ0) is 23.1. The number of ether oxygens (including phenoxy) is 8. The van der Waals surface area contributed by atoms with E-state index in [1.807, 2.05) is 0 Å². The molecule has 2 aromatic carbocycles. The highest BCUT2D eigenvalue weighted by Gasteiger charge is 2.29. The molecule has 0 unspecified atom stereocenters. The predicted molar refractivity (Wildman–Crippen MR) is 108 cm³/mol. The summed E-state index contributed by atoms with van der Waals surface area (Å²) in [5.74, 6) is -0.494. The molecule has 2 aromatic rings. The van der Waals surface area contributed by atoms with Gasteiger partial charge in [0.05, 0.1) is 55.3 Å². The number of rotatable bonds is 9. The second-order valence-electron chi connectivity index (χ2n) is 5.82. The molecule has 31 heavy (non-hydrogen) atoms. The van der Waals surface area contributed by atoms with Gasteiger partial charge in [-0.1, -0.05) is 0 Å². The third kappa shape index (κ3) is 4.52. The number of esters is 2. The molecule has 168 valence electrons. The Balaban J connectivity index is 2.82. The Kier molecular flexibility index (Phi) is 7.78. The van der Waals surface area contributed by atoms with Crippen LogP contribution in [0.15, 0.2) is 18.2 Å². The van der Waals surface area contributed by atoms with Crippen LogP contribution in [-0.4, -0.2) is 61.7 Å². The predicted octanol–water partition coefficient (Wildman–Crippen LogP) is 3.10. The molecular formula is C21H24O10. The Bertz CT molecular complexity index is 967. The van der Waals surface area contributed by atoms with Gasteiger partial charge in [-0.15, -0.1) is 0 Å². The van der Waals surface area contributed by atoms with E-state index < -0.39 is 11.9 Å². The molecule has 0 aliphatic carbocycles. The first-order valence-electron chi connectivity index (χ1n) is 8.84. The van der Waals surface area contributed by atoms with Crippen LogP contribution in [0.25, 0.3) is 0 Å². The fourth-order valence-electron chi connectivity index (χ4n) is 2.84. The lowest BCUT2D eigenvalue weighted by Crippen LogP contribution is -2.09. The Labute approximate surface area is 179 Å². The molecule has 0 bridgehead atoms. The zero-order valence-corrected chi connectivity index (χ0v) is 18.3. The molecule has 2 rings (SSSR count). The third-order valence-corrected chi connectivity index (χ3v) is 4.27. The maximum absolute atomic E-state index is 12.5. The van der Waals surface area contributed by atoms with Crippen molar-refractivity contribution in [3.63, 3.8) is 0 Å². The Morgan fingerprint density at radius 1 is 0.548 bits per heavy atom. The molecule has 0 saturated carbocycles. The van der Waals surface area contributed by atoms with Gasteiger partial charge in [0.2, 0.25) is 17.2 Å². The van der Waals surface area contributed by atoms with E-state index in [0.717, 1.165) is 0 Å². The van der Waals surface area contributed by atoms with Crippen molar-refractivity contribution in [1.29, 1.82) is 0 Å². The molecule has 0 N–H and O–H groups in total. The molecule has 0 radical (unpaired) electrons. The molecule has 0 amide bonds. The summed E-state index contributed by atoms with van der Waals surface area (Å²) >= 11 is 0. The van der Waals surface area contributed by atoms with Gasteiger partial charge in [0.25, 0.3) is 0 Å². The second kappa shape index (κ2) is 10.3. The average Bonchev–Trinajstić information content (AvgIpc) is 2.81. The van der Waals surface area contributed by atoms with Gasteiger partial charge in [0.1, 0.15) is 5.56 Å². The highest BCUT2D eigenvalue weighted by Crippen LogP contribution is 2.50. The maximum Gasteiger partial charge on any atom is 0.341 e. The van der Waals surface area contributed by atoms with Gasteiger partial charge in [-0.25, -0.2) is 9.59 Å². The van der Waals surface area contributed by atoms with Gasteiger partial charge in [-0.3, -0.25) is 0 Å². The first kappa shape index (κ1) is 23.5. The summed E-state index contributed by atoms with van der Waals surface area (Å²) in [5.41, 5.74) is 0.121. The van der Waals surface area contributed by atoms with E-state index in [-0.39, 0.29) is 51.4 Å². The lowest BCUT2D eigenvalue weighted by Gasteiger charge is -2.20. The van der Waals surface area contributed by atoms with Crippen LogP contribution < -0.4 is 28.4 Å². The number of carbonyl (C=O) groups is 2. The van der Waals surface area contributed by atoms with Gasteiger partial charge >= 0.3 is 11.9 Å². The van der Waals surface area contributed by atoms with E-state index in [4.69, 9.17) is 37.9 Å². The van der Waals surface area contributed by atoms with E-state index in [2.05, 4.69) is 0 Å². The Hall–Kier alpha value is -3.82. The molecule has 10 heteroatoms. The number of hydrogen-bond acceptors (Lipinski definition) is 10. The van der Waals surface area contributed by atoms with Crippen LogP contribution in [-0.2, 0) is 9.47 Å². The Morgan fingerprint density at radius 3 is 1.55 bits per heavy atom. The minimum atomic E-state index is -0.718. The van der Waals surface area contributed by atoms with Crippen molar-refractivity contribution in [2.45, 2.75) is 0 Å². The zero-order valence-electron chi connectivity index (χ0n) is 18.3. The topological polar surface area (TPSA) is 108 Å². The van der Waals surface area contributed by atoms with Crippen molar-refractivity contribution >= 4 is 11.9 Å². The van der Waals surface area contributed by atoms with E-state index >= 15 is 0 Å². The van der Waals surface area contributed by atoms with Crippen molar-refractivity contribution < 1.29 is 47.5 Å². The maximum atomic E-state index is 12.5. The molecular weight excluding hydrogens is 412 g/mol. The summed E-state index contributed by atoms with van der Waals surface area (Å²) in [4.78, 5) is 24.6. The highest BCUT2D eigenvalue weighted by atomic mass is 16.6. The standard InChI is InChI=1S/C21H24O10/c1-24-13-8-11(20(22)29-6)9-15(17(13)26-3)31-16-12(21(23)30-7)10-14(25-2)18(27-4)19(16)28-5/h8-10H,1-7H3. The lowest BCUT2D eigenvalue weighted by molar-refractivity contribution is 0.0587. The summed E-state index contributed by atoms with van der Waals surface area (Å²) < 4.78 is 42.5. The third-order valence-electron chi connectivity index (χ3n) is 4.27. The van der Waals surface area contributed by atoms with Crippen molar-refractivity contribution in [3.05, 3.63) is 29.3 Å². The van der Waals surface area contributed by atoms with Crippen LogP contribution in [0, 0.1) is 0 Å². The molecule has 0 saturated heterocycles. The molecule has 0 atom stereocenters. The molecule has 0 aliphatic heterocycles. The Morgan fingerprint density at radius 2 is 1.06 bits per heavy atom. The quantitative estimate of drug-likeness (QED) is 0.544. The van der Waals surface area contributed by atoms with Crippen LogP contribution in [0.1, 0.15) is 20.7 Å². The number of hydrogen-bond donors (Lipinski definition) is 0. The smallest absolute Gasteiger partial charge is 0.341 e. The van der Waals surface area contributed by atoms with E-state index in [0.29, 0.717) is 0 Å². The second-order valence-corrected chi connectivity index (χ2v) is 5.82. The summed E-state index contributed by atoms with van der Waals surface area (Å²) in [6.45, 7) is 0. The lowest BCUT2D eigenvalue weighted by atomic mass is 10.1. The molecule has 0 aromatic heterocycles. The van der Waals surface area contributed by atoms with Gasteiger partial charge in [0.15, 0.2) is 23.0 Å². The van der Waals surface area contributed by atoms with Crippen LogP contribution in [0.2, 0.25) is 0 Å². The van der Waals surface area contributed by atoms with Gasteiger partial charge in [-0.05, 0) is 12.1 Å². The molecule has 0 aliphatic rings. The molecule has 0 heterocycles. The monoisotopic (exact) mass is 436 g/mol. The molecule has 0 spiro atoms. The highest BCUT2D eigenvalue weighted by molar-refractivity contribution is 5.95. The van der Waals surface area contributed by atoms with E-state index in [9.17, 15) is 9.59 Å². The number of carbonyl (C=O) groups excluding carboxylic acids is 2. The van der Waals surface area contributed by atoms with Gasteiger partial charge < -0.3 is 37.9 Å². The van der Waals surface area contributed by atoms with Crippen LogP contribution in [0.5, 0.6) is 40.2 Å². The molecule has 10 nitrogen and oxygen atoms in total. The summed E-state index contributed by atoms with van der Waals surface area (Å²) in [5, 5.41) is 0. The largest absolute Gasteiger partial charge is 0.493 e. The van der Waals surface area contributed by atoms with Gasteiger partial charge in [-0.2, -0.15) is 0 Å². The first-order valence-corrected chi connectivity index (χ1v) is 8.84. The minimum Gasteiger partial charge on any atom is -0.493 e. The van der Waals surface area contributed by atoms with E-state index in [1.54, 1.807) is 0 Å². The SMILES string of the molecule is COC(=O)c1cc(OC)c(OC)c(Oc2c(C(=O)OC)cc(OC)c(OC)c2OC)c1. The van der Waals surface area contributed by atoms with Crippen molar-refractivity contribution in [1.82, 2.24) is 0 Å². The summed E-state index contributed by atoms with van der Waals surface area (Å²) in [7, 11) is 9.45. The van der Waals surface area contributed by atoms with Crippen molar-refractivity contribution in [3.8, 4) is 40.2 Å². The fraction of sp³-hybridized carbons (Fsp3) is 0.333. The van der Waals surface area contributed by atoms with Crippen molar-refractivity contribution in [2.24, 2.45) is 0 Å². The van der Waals surface area contributed by atoms with E-state index in [1.165, 1.54) is 68.0 Å². The number of methoxy groups -OCH3 is 7. The van der Waals surface area contributed by atoms with Crippen LogP contribution in [0.3, 0.4) is 0 Å². The van der Waals surface area contributed by atoms with Gasteiger partial charge in [0, 0.05) is 6.07 Å². The summed E-state index contributed by atoms with van der Waals surface area (Å²) in [6.07, 6.45) is 0. The minimum absolute atomic E-state index is 0.0125. The average molecular weight is 436 g/mol. The fourth-order valence-corrected chi connectivity index (χ4v) is 2.84. The van der Waals surface area contributed by atoms with Crippen LogP contribution in [0.4, 0.5) is 0 Å².